The van der Waals surface area contributed by atoms with Crippen molar-refractivity contribution >= 4 is 11.9 Å². The molecule has 1 aromatic carbocycles. The van der Waals surface area contributed by atoms with Gasteiger partial charge in [0.15, 0.2) is 0 Å². The summed E-state index contributed by atoms with van der Waals surface area (Å²) in [4.78, 5) is 22.9. The van der Waals surface area contributed by atoms with E-state index in [1.807, 2.05) is 30.3 Å². The number of hydrogen-bond donors (Lipinski definition) is 3. The van der Waals surface area contributed by atoms with E-state index in [4.69, 9.17) is 15.6 Å². The third-order valence-electron chi connectivity index (χ3n) is 3.65. The van der Waals surface area contributed by atoms with Crippen molar-refractivity contribution in [2.75, 3.05) is 13.2 Å². The summed E-state index contributed by atoms with van der Waals surface area (Å²) in [7, 11) is 0. The second-order valence-corrected chi connectivity index (χ2v) is 5.21. The minimum Gasteiger partial charge on any atom is -0.481 e. The summed E-state index contributed by atoms with van der Waals surface area (Å²) >= 11 is 0. The predicted molar refractivity (Wildman–Crippen MR) is 76.5 cm³/mol. The van der Waals surface area contributed by atoms with Crippen LogP contribution in [0.4, 0.5) is 0 Å². The van der Waals surface area contributed by atoms with Crippen molar-refractivity contribution < 1.29 is 19.4 Å². The van der Waals surface area contributed by atoms with Crippen LogP contribution in [-0.4, -0.2) is 36.2 Å². The number of amides is 1. The molecule has 2 rings (SSSR count). The Labute approximate surface area is 123 Å². The van der Waals surface area contributed by atoms with Crippen LogP contribution in [0.5, 0.6) is 0 Å². The van der Waals surface area contributed by atoms with Crippen LogP contribution in [0.2, 0.25) is 0 Å². The Balaban J connectivity index is 1.78. The molecule has 1 amide bonds. The molecule has 4 N–H and O–H groups in total. The summed E-state index contributed by atoms with van der Waals surface area (Å²) < 4.78 is 5.11. The molecule has 1 aliphatic heterocycles. The standard InChI is InChI=1S/C15H20N2O4/c16-12(10-4-2-1-3-5-10)6-7-14(18)17-13-9-21-8-11(13)15(19)20/h1-5,11-13H,6-9,16H2,(H,17,18)(H,19,20). The van der Waals surface area contributed by atoms with E-state index in [2.05, 4.69) is 5.32 Å². The van der Waals surface area contributed by atoms with Crippen LogP contribution in [0.25, 0.3) is 0 Å². The molecule has 114 valence electrons. The van der Waals surface area contributed by atoms with Gasteiger partial charge in [0, 0.05) is 12.5 Å². The number of carboxylic acids is 1. The lowest BCUT2D eigenvalue weighted by Gasteiger charge is -2.17. The zero-order valence-electron chi connectivity index (χ0n) is 11.7. The molecule has 6 nitrogen and oxygen atoms in total. The number of ether oxygens (including phenoxy) is 1. The Morgan fingerprint density at radius 3 is 2.71 bits per heavy atom. The van der Waals surface area contributed by atoms with Gasteiger partial charge in [-0.05, 0) is 12.0 Å². The van der Waals surface area contributed by atoms with E-state index in [0.717, 1.165) is 5.56 Å². The minimum absolute atomic E-state index is 0.143. The maximum Gasteiger partial charge on any atom is 0.311 e. The lowest BCUT2D eigenvalue weighted by atomic mass is 10.0. The Morgan fingerprint density at radius 1 is 1.33 bits per heavy atom. The number of carboxylic acid groups (broad SMARTS) is 1. The first kappa shape index (κ1) is 15.5. The van der Waals surface area contributed by atoms with Crippen LogP contribution in [0, 0.1) is 5.92 Å². The summed E-state index contributed by atoms with van der Waals surface area (Å²) in [6, 6.07) is 8.91. The van der Waals surface area contributed by atoms with Gasteiger partial charge < -0.3 is 20.9 Å². The molecule has 3 atom stereocenters. The van der Waals surface area contributed by atoms with Gasteiger partial charge in [-0.3, -0.25) is 9.59 Å². The number of carbonyl (C=O) groups is 2. The largest absolute Gasteiger partial charge is 0.481 e. The third kappa shape index (κ3) is 4.27. The Morgan fingerprint density at radius 2 is 2.05 bits per heavy atom. The molecule has 1 saturated heterocycles. The average Bonchev–Trinajstić information content (AvgIpc) is 2.94. The van der Waals surface area contributed by atoms with Gasteiger partial charge in [-0.15, -0.1) is 0 Å². The average molecular weight is 292 g/mol. The van der Waals surface area contributed by atoms with Crippen molar-refractivity contribution in [3.8, 4) is 0 Å². The molecule has 0 spiro atoms. The summed E-state index contributed by atoms with van der Waals surface area (Å²) in [6.45, 7) is 0.386. The first-order chi connectivity index (χ1) is 10.1. The van der Waals surface area contributed by atoms with Crippen LogP contribution >= 0.6 is 0 Å². The number of benzene rings is 1. The first-order valence-electron chi connectivity index (χ1n) is 6.98. The molecule has 1 aromatic rings. The number of nitrogens with two attached hydrogens (primary N) is 1. The lowest BCUT2D eigenvalue weighted by Crippen LogP contribution is -2.42. The first-order valence-corrected chi connectivity index (χ1v) is 6.98. The van der Waals surface area contributed by atoms with E-state index in [-0.39, 0.29) is 31.6 Å². The Bertz CT molecular complexity index is 492. The van der Waals surface area contributed by atoms with E-state index in [0.29, 0.717) is 6.42 Å². The van der Waals surface area contributed by atoms with Crippen molar-refractivity contribution in [1.29, 1.82) is 0 Å². The summed E-state index contributed by atoms with van der Waals surface area (Å²) in [5, 5.41) is 11.7. The normalized spacial score (nSPS) is 22.7. The Hall–Kier alpha value is -1.92. The highest BCUT2D eigenvalue weighted by molar-refractivity contribution is 5.78. The fourth-order valence-corrected chi connectivity index (χ4v) is 2.37. The zero-order valence-corrected chi connectivity index (χ0v) is 11.7. The van der Waals surface area contributed by atoms with Gasteiger partial charge in [-0.2, -0.15) is 0 Å². The number of rotatable bonds is 6. The van der Waals surface area contributed by atoms with Crippen LogP contribution in [0.15, 0.2) is 30.3 Å². The molecule has 0 saturated carbocycles. The van der Waals surface area contributed by atoms with Crippen LogP contribution < -0.4 is 11.1 Å². The molecule has 1 heterocycles. The fraction of sp³-hybridized carbons (Fsp3) is 0.467. The molecular weight excluding hydrogens is 272 g/mol. The van der Waals surface area contributed by atoms with Crippen molar-refractivity contribution in [2.24, 2.45) is 11.7 Å². The van der Waals surface area contributed by atoms with Gasteiger partial charge in [0.25, 0.3) is 0 Å². The second kappa shape index (κ2) is 7.19. The minimum atomic E-state index is -0.946. The van der Waals surface area contributed by atoms with Gasteiger partial charge >= 0.3 is 5.97 Å². The molecule has 0 bridgehead atoms. The highest BCUT2D eigenvalue weighted by Crippen LogP contribution is 2.17. The number of carbonyl (C=O) groups excluding carboxylic acids is 1. The van der Waals surface area contributed by atoms with E-state index >= 15 is 0 Å². The predicted octanol–water partition coefficient (Wildman–Crippen LogP) is 0.682. The molecule has 0 radical (unpaired) electrons. The molecule has 1 fully saturated rings. The summed E-state index contributed by atoms with van der Waals surface area (Å²) in [5.74, 6) is -1.81. The maximum atomic E-state index is 11.9. The second-order valence-electron chi connectivity index (χ2n) is 5.21. The van der Waals surface area contributed by atoms with E-state index < -0.39 is 17.9 Å². The number of nitrogens with one attached hydrogen (secondary N) is 1. The highest BCUT2D eigenvalue weighted by atomic mass is 16.5. The van der Waals surface area contributed by atoms with E-state index in [9.17, 15) is 9.59 Å². The molecule has 3 unspecified atom stereocenters. The van der Waals surface area contributed by atoms with Gasteiger partial charge in [0.2, 0.25) is 5.91 Å². The fourth-order valence-electron chi connectivity index (χ4n) is 2.37. The van der Waals surface area contributed by atoms with Crippen molar-refractivity contribution in [3.05, 3.63) is 35.9 Å². The number of hydrogen-bond acceptors (Lipinski definition) is 4. The lowest BCUT2D eigenvalue weighted by molar-refractivity contribution is -0.142. The third-order valence-corrected chi connectivity index (χ3v) is 3.65. The van der Waals surface area contributed by atoms with Gasteiger partial charge in [-0.1, -0.05) is 30.3 Å². The van der Waals surface area contributed by atoms with Crippen LogP contribution in [0.3, 0.4) is 0 Å². The smallest absolute Gasteiger partial charge is 0.311 e. The monoisotopic (exact) mass is 292 g/mol. The van der Waals surface area contributed by atoms with Crippen molar-refractivity contribution in [1.82, 2.24) is 5.32 Å². The quantitative estimate of drug-likeness (QED) is 0.715. The van der Waals surface area contributed by atoms with E-state index in [1.54, 1.807) is 0 Å². The van der Waals surface area contributed by atoms with Crippen LogP contribution in [0.1, 0.15) is 24.4 Å². The topological polar surface area (TPSA) is 102 Å². The number of aliphatic carboxylic acids is 1. The molecule has 21 heavy (non-hydrogen) atoms. The van der Waals surface area contributed by atoms with Crippen molar-refractivity contribution in [2.45, 2.75) is 24.9 Å². The van der Waals surface area contributed by atoms with Gasteiger partial charge in [-0.25, -0.2) is 0 Å². The molecule has 1 aliphatic rings. The van der Waals surface area contributed by atoms with Crippen molar-refractivity contribution in [3.63, 3.8) is 0 Å². The Kier molecular flexibility index (Phi) is 5.30. The van der Waals surface area contributed by atoms with Gasteiger partial charge in [0.1, 0.15) is 5.92 Å². The molecule has 6 heteroatoms. The zero-order chi connectivity index (χ0) is 15.2. The molecule has 0 aromatic heterocycles. The highest BCUT2D eigenvalue weighted by Gasteiger charge is 2.34. The molecule has 0 aliphatic carbocycles. The van der Waals surface area contributed by atoms with E-state index in [1.165, 1.54) is 0 Å². The van der Waals surface area contributed by atoms with Gasteiger partial charge in [0.05, 0.1) is 19.3 Å². The summed E-state index contributed by atoms with van der Waals surface area (Å²) in [6.07, 6.45) is 0.778. The SMILES string of the molecule is NC(CCC(=O)NC1COCC1C(=O)O)c1ccccc1. The summed E-state index contributed by atoms with van der Waals surface area (Å²) in [5.41, 5.74) is 7.01. The maximum absolute atomic E-state index is 11.9. The van der Waals surface area contributed by atoms with Crippen LogP contribution in [-0.2, 0) is 14.3 Å². The molecular formula is C15H20N2O4.